The van der Waals surface area contributed by atoms with E-state index in [9.17, 15) is 25.9 Å². The van der Waals surface area contributed by atoms with E-state index in [-0.39, 0.29) is 15.8 Å². The minimum Gasteiger partial charge on any atom is -0.453 e. The number of para-hydroxylation sites is 2. The maximum Gasteiger partial charge on any atom is 0.326 e. The molecule has 0 spiro atoms. The van der Waals surface area contributed by atoms with Gasteiger partial charge in [0.15, 0.2) is 28.9 Å². The van der Waals surface area contributed by atoms with Crippen molar-refractivity contribution in [3.63, 3.8) is 0 Å². The van der Waals surface area contributed by atoms with Gasteiger partial charge in [0.25, 0.3) is 20.2 Å². The predicted octanol–water partition coefficient (Wildman–Crippen LogP) is 10.4. The third-order valence-electron chi connectivity index (χ3n) is 9.58. The fourth-order valence-electron chi connectivity index (χ4n) is 6.73. The first-order valence-electron chi connectivity index (χ1n) is 18.0. The molecular weight excluding hydrogens is 789 g/mol. The normalized spacial score (nSPS) is 12.3. The van der Waals surface area contributed by atoms with Crippen LogP contribution in [0.5, 0.6) is 23.3 Å². The van der Waals surface area contributed by atoms with E-state index in [1.54, 1.807) is 24.3 Å². The Kier molecular flexibility index (Phi) is 9.45. The van der Waals surface area contributed by atoms with Gasteiger partial charge in [-0.25, -0.2) is 4.98 Å². The number of ether oxygens (including phenoxy) is 2. The SMILES string of the molecule is O=S(=O)(O)c1ccc(-c2ccc3c(c2)Oc2cc(-c4ccc(S(=O)(=O)O)cc4)ccc2N3c2ccccc2Oc2nc(-c3ccccc3)nc(-c3ccccc3)n2)cc1. The lowest BCUT2D eigenvalue weighted by Gasteiger charge is -2.34. The van der Waals surface area contributed by atoms with Crippen LogP contribution in [0.3, 0.4) is 0 Å². The molecule has 0 fully saturated rings. The van der Waals surface area contributed by atoms with Crippen molar-refractivity contribution < 1.29 is 35.4 Å². The zero-order chi connectivity index (χ0) is 40.7. The van der Waals surface area contributed by atoms with Gasteiger partial charge < -0.3 is 9.47 Å². The summed E-state index contributed by atoms with van der Waals surface area (Å²) in [4.78, 5) is 15.8. The average Bonchev–Trinajstić information content (AvgIpc) is 3.25. The minimum absolute atomic E-state index is 0.0752. The van der Waals surface area contributed by atoms with Crippen molar-refractivity contribution in [2.45, 2.75) is 9.79 Å². The molecule has 0 amide bonds. The van der Waals surface area contributed by atoms with Gasteiger partial charge in [0.05, 0.1) is 26.9 Å². The summed E-state index contributed by atoms with van der Waals surface area (Å²) in [6.07, 6.45) is 0. The molecule has 0 aliphatic carbocycles. The van der Waals surface area contributed by atoms with Gasteiger partial charge in [-0.05, 0) is 82.9 Å². The molecule has 0 atom stereocenters. The molecule has 0 bridgehead atoms. The Morgan fingerprint density at radius 1 is 0.441 bits per heavy atom. The van der Waals surface area contributed by atoms with Crippen molar-refractivity contribution in [1.82, 2.24) is 15.0 Å². The summed E-state index contributed by atoms with van der Waals surface area (Å²) >= 11 is 0. The highest BCUT2D eigenvalue weighted by atomic mass is 32.2. The quantitative estimate of drug-likeness (QED) is 0.132. The van der Waals surface area contributed by atoms with E-state index >= 15 is 0 Å². The lowest BCUT2D eigenvalue weighted by atomic mass is 10.0. The topological polar surface area (TPSA) is 169 Å². The minimum atomic E-state index is -4.38. The second kappa shape index (κ2) is 14.9. The molecule has 7 aromatic carbocycles. The highest BCUT2D eigenvalue weighted by Gasteiger charge is 2.29. The molecule has 2 N–H and O–H groups in total. The van der Waals surface area contributed by atoms with Crippen LogP contribution in [0.25, 0.3) is 45.0 Å². The molecule has 0 saturated carbocycles. The smallest absolute Gasteiger partial charge is 0.326 e. The molecule has 12 nitrogen and oxygen atoms in total. The summed E-state index contributed by atoms with van der Waals surface area (Å²) in [5.74, 6) is 2.21. The number of benzene rings is 7. The van der Waals surface area contributed by atoms with Crippen molar-refractivity contribution in [3.05, 3.63) is 170 Å². The molecular formula is C45H30N4O8S2. The Labute approximate surface area is 339 Å². The van der Waals surface area contributed by atoms with Gasteiger partial charge in [-0.1, -0.05) is 109 Å². The summed E-state index contributed by atoms with van der Waals surface area (Å²) in [6, 6.07) is 49.5. The summed E-state index contributed by atoms with van der Waals surface area (Å²) in [6.45, 7) is 0. The number of hydrogen-bond acceptors (Lipinski definition) is 10. The first-order chi connectivity index (χ1) is 28.5. The molecule has 1 aromatic heterocycles. The van der Waals surface area contributed by atoms with Gasteiger partial charge in [-0.15, -0.1) is 0 Å². The second-order valence-corrected chi connectivity index (χ2v) is 16.2. The molecule has 14 heteroatoms. The maximum absolute atomic E-state index is 11.7. The van der Waals surface area contributed by atoms with E-state index in [2.05, 4.69) is 0 Å². The van der Waals surface area contributed by atoms with E-state index in [0.29, 0.717) is 68.2 Å². The molecule has 1 aliphatic rings. The highest BCUT2D eigenvalue weighted by Crippen LogP contribution is 2.54. The Morgan fingerprint density at radius 3 is 1.32 bits per heavy atom. The first-order valence-corrected chi connectivity index (χ1v) is 20.9. The summed E-state index contributed by atoms with van der Waals surface area (Å²) in [7, 11) is -8.76. The first kappa shape index (κ1) is 37.4. The number of nitrogens with zero attached hydrogens (tertiary/aromatic N) is 4. The third-order valence-corrected chi connectivity index (χ3v) is 11.3. The zero-order valence-electron chi connectivity index (χ0n) is 30.6. The molecule has 0 radical (unpaired) electrons. The van der Waals surface area contributed by atoms with Crippen molar-refractivity contribution in [3.8, 4) is 68.3 Å². The fourth-order valence-corrected chi connectivity index (χ4v) is 7.69. The number of aromatic nitrogens is 3. The van der Waals surface area contributed by atoms with Crippen LogP contribution in [0.4, 0.5) is 17.1 Å². The molecule has 290 valence electrons. The van der Waals surface area contributed by atoms with Crippen LogP contribution in [0.2, 0.25) is 0 Å². The van der Waals surface area contributed by atoms with Gasteiger partial charge in [-0.2, -0.15) is 26.8 Å². The van der Waals surface area contributed by atoms with Crippen LogP contribution >= 0.6 is 0 Å². The van der Waals surface area contributed by atoms with E-state index in [0.717, 1.165) is 11.1 Å². The Hall–Kier alpha value is -7.23. The van der Waals surface area contributed by atoms with Gasteiger partial charge in [0, 0.05) is 11.1 Å². The molecule has 8 aromatic rings. The monoisotopic (exact) mass is 818 g/mol. The van der Waals surface area contributed by atoms with Gasteiger partial charge in [0.1, 0.15) is 0 Å². The largest absolute Gasteiger partial charge is 0.453 e. The van der Waals surface area contributed by atoms with E-state index in [1.165, 1.54) is 24.3 Å². The second-order valence-electron chi connectivity index (χ2n) is 13.4. The van der Waals surface area contributed by atoms with Crippen LogP contribution in [0.15, 0.2) is 180 Å². The zero-order valence-corrected chi connectivity index (χ0v) is 32.2. The summed E-state index contributed by atoms with van der Waals surface area (Å²) < 4.78 is 79.2. The lowest BCUT2D eigenvalue weighted by Crippen LogP contribution is -2.17. The Bertz CT molecular complexity index is 2910. The van der Waals surface area contributed by atoms with Gasteiger partial charge in [0.2, 0.25) is 0 Å². The summed E-state index contributed by atoms with van der Waals surface area (Å²) in [5.41, 5.74) is 6.28. The van der Waals surface area contributed by atoms with Crippen LogP contribution in [0.1, 0.15) is 0 Å². The number of anilines is 3. The van der Waals surface area contributed by atoms with Gasteiger partial charge >= 0.3 is 6.01 Å². The summed E-state index contributed by atoms with van der Waals surface area (Å²) in [5, 5.41) is 0. The lowest BCUT2D eigenvalue weighted by molar-refractivity contribution is 0.441. The number of hydrogen-bond donors (Lipinski definition) is 2. The molecule has 1 aliphatic heterocycles. The van der Waals surface area contributed by atoms with Crippen LogP contribution in [-0.2, 0) is 20.2 Å². The average molecular weight is 819 g/mol. The molecule has 0 saturated heterocycles. The predicted molar refractivity (Wildman–Crippen MR) is 222 cm³/mol. The third kappa shape index (κ3) is 7.63. The van der Waals surface area contributed by atoms with Crippen molar-refractivity contribution in [2.75, 3.05) is 4.90 Å². The van der Waals surface area contributed by atoms with Crippen LogP contribution in [-0.4, -0.2) is 40.9 Å². The van der Waals surface area contributed by atoms with Crippen molar-refractivity contribution >= 4 is 37.3 Å². The van der Waals surface area contributed by atoms with E-state index in [1.807, 2.05) is 126 Å². The fraction of sp³-hybridized carbons (Fsp3) is 0. The number of fused-ring (bicyclic) bond motifs is 2. The van der Waals surface area contributed by atoms with Crippen LogP contribution in [0, 0.1) is 0 Å². The number of rotatable bonds is 9. The van der Waals surface area contributed by atoms with E-state index < -0.39 is 20.2 Å². The standard InChI is InChI=1S/C45H30N4O8S2/c50-58(51,52)35-21-15-29(16-22-35)33-19-25-38-41(27-33)56-42-28-34(30-17-23-36(24-18-30)59(53,54)55)20-26-39(42)49(38)37-13-7-8-14-40(37)57-45-47-43(31-9-3-1-4-10-31)46-44(48-45)32-11-5-2-6-12-32/h1-28H,(H,50,51,52)(H,53,54,55). The molecule has 0 unspecified atom stereocenters. The Balaban J connectivity index is 1.17. The van der Waals surface area contributed by atoms with Gasteiger partial charge in [-0.3, -0.25) is 14.0 Å². The van der Waals surface area contributed by atoms with E-state index in [4.69, 9.17) is 24.4 Å². The Morgan fingerprint density at radius 2 is 0.864 bits per heavy atom. The molecule has 59 heavy (non-hydrogen) atoms. The molecule has 9 rings (SSSR count). The van der Waals surface area contributed by atoms with Crippen LogP contribution < -0.4 is 14.4 Å². The maximum atomic E-state index is 11.7. The molecule has 2 heterocycles. The van der Waals surface area contributed by atoms with Crippen molar-refractivity contribution in [1.29, 1.82) is 0 Å². The highest BCUT2D eigenvalue weighted by molar-refractivity contribution is 7.86. The van der Waals surface area contributed by atoms with Crippen molar-refractivity contribution in [2.24, 2.45) is 0 Å².